The van der Waals surface area contributed by atoms with Gasteiger partial charge in [0, 0.05) is 6.20 Å². The van der Waals surface area contributed by atoms with E-state index in [1.165, 1.54) is 24.4 Å². The van der Waals surface area contributed by atoms with Crippen LogP contribution in [0.2, 0.25) is 0 Å². The lowest BCUT2D eigenvalue weighted by Crippen LogP contribution is -2.16. The highest BCUT2D eigenvalue weighted by Crippen LogP contribution is 2.27. The topological polar surface area (TPSA) is 93.5 Å². The Hall–Kier alpha value is -2.97. The summed E-state index contributed by atoms with van der Waals surface area (Å²) in [5.41, 5.74) is 0.761. The number of carboxylic acid groups (broad SMARTS) is 1. The molecule has 0 fully saturated rings. The van der Waals surface area contributed by atoms with Crippen LogP contribution in [0.25, 0.3) is 0 Å². The van der Waals surface area contributed by atoms with Gasteiger partial charge in [-0.1, -0.05) is 6.07 Å². The van der Waals surface area contributed by atoms with E-state index in [0.29, 0.717) is 0 Å². The van der Waals surface area contributed by atoms with Gasteiger partial charge in [0.25, 0.3) is 5.91 Å². The van der Waals surface area contributed by atoms with E-state index in [9.17, 15) is 18.4 Å². The number of carboxylic acids is 1. The highest BCUT2D eigenvalue weighted by atomic mass is 19.3. The number of halogens is 2. The molecule has 23 heavy (non-hydrogen) atoms. The van der Waals surface area contributed by atoms with Crippen molar-refractivity contribution in [1.29, 1.82) is 0 Å². The van der Waals surface area contributed by atoms with Crippen molar-refractivity contribution in [3.63, 3.8) is 0 Å². The van der Waals surface area contributed by atoms with Gasteiger partial charge in [-0.15, -0.1) is 0 Å². The van der Waals surface area contributed by atoms with Crippen molar-refractivity contribution in [2.75, 3.05) is 5.32 Å². The fourth-order valence-corrected chi connectivity index (χ4v) is 1.84. The van der Waals surface area contributed by atoms with Crippen LogP contribution in [0.1, 0.15) is 16.1 Å². The van der Waals surface area contributed by atoms with Crippen LogP contribution < -0.4 is 10.1 Å². The number of hydrogen-bond donors (Lipinski definition) is 2. The monoisotopic (exact) mass is 325 g/mol. The average molecular weight is 325 g/mol. The molecule has 0 aliphatic rings. The average Bonchev–Trinajstić information content (AvgIpc) is 2.89. The second kappa shape index (κ2) is 6.86. The number of carbonyl (C=O) groups excluding carboxylic acids is 1. The Bertz CT molecular complexity index is 731. The molecular weight excluding hydrogens is 312 g/mol. The zero-order valence-corrected chi connectivity index (χ0v) is 12.0. The fraction of sp³-hybridized carbons (Fsp3) is 0.214. The number of benzene rings is 1. The van der Waals surface area contributed by atoms with Gasteiger partial charge in [0.2, 0.25) is 0 Å². The summed E-state index contributed by atoms with van der Waals surface area (Å²) in [5.74, 6) is -1.95. The van der Waals surface area contributed by atoms with Crippen LogP contribution in [0.5, 0.6) is 5.75 Å². The Labute approximate surface area is 129 Å². The SMILES string of the molecule is Cc1ccc(OC(F)F)c(NC(=O)c2ccn(CC(=O)O)n2)c1. The molecule has 0 saturated carbocycles. The molecule has 0 aliphatic heterocycles. The number of rotatable bonds is 6. The minimum atomic E-state index is -3.02. The largest absolute Gasteiger partial charge is 0.480 e. The van der Waals surface area contributed by atoms with Crippen molar-refractivity contribution in [2.45, 2.75) is 20.1 Å². The van der Waals surface area contributed by atoms with Crippen molar-refractivity contribution in [3.05, 3.63) is 41.7 Å². The first-order valence-electron chi connectivity index (χ1n) is 6.47. The number of hydrogen-bond acceptors (Lipinski definition) is 4. The van der Waals surface area contributed by atoms with Gasteiger partial charge in [0.15, 0.2) is 5.69 Å². The van der Waals surface area contributed by atoms with Gasteiger partial charge in [0.05, 0.1) is 5.69 Å². The van der Waals surface area contributed by atoms with Gasteiger partial charge in [-0.2, -0.15) is 13.9 Å². The maximum absolute atomic E-state index is 12.4. The maximum Gasteiger partial charge on any atom is 0.387 e. The van der Waals surface area contributed by atoms with Crippen LogP contribution in [0.15, 0.2) is 30.5 Å². The van der Waals surface area contributed by atoms with E-state index < -0.39 is 25.0 Å². The highest BCUT2D eigenvalue weighted by molar-refractivity contribution is 6.03. The Morgan fingerprint density at radius 1 is 1.39 bits per heavy atom. The molecule has 1 aromatic carbocycles. The first kappa shape index (κ1) is 16.4. The van der Waals surface area contributed by atoms with Crippen molar-refractivity contribution in [3.8, 4) is 5.75 Å². The van der Waals surface area contributed by atoms with Gasteiger partial charge in [-0.05, 0) is 30.7 Å². The zero-order valence-electron chi connectivity index (χ0n) is 12.0. The van der Waals surface area contributed by atoms with Crippen molar-refractivity contribution < 1.29 is 28.2 Å². The van der Waals surface area contributed by atoms with Crippen LogP contribution in [0.3, 0.4) is 0 Å². The summed E-state index contributed by atoms with van der Waals surface area (Å²) in [6.45, 7) is -1.69. The second-order valence-electron chi connectivity index (χ2n) is 4.62. The first-order chi connectivity index (χ1) is 10.8. The van der Waals surface area contributed by atoms with Crippen molar-refractivity contribution in [2.24, 2.45) is 0 Å². The standard InChI is InChI=1S/C14H13F2N3O4/c1-8-2-3-11(23-14(15)16)10(6-8)17-13(22)9-4-5-19(18-9)7-12(20)21/h2-6,14H,7H2,1H3,(H,17,22)(H,20,21). The number of nitrogens with zero attached hydrogens (tertiary/aromatic N) is 2. The molecule has 1 heterocycles. The van der Waals surface area contributed by atoms with E-state index in [-0.39, 0.29) is 17.1 Å². The molecule has 0 saturated heterocycles. The second-order valence-corrected chi connectivity index (χ2v) is 4.62. The number of carbonyl (C=O) groups is 2. The highest BCUT2D eigenvalue weighted by Gasteiger charge is 2.15. The van der Waals surface area contributed by atoms with Crippen LogP contribution in [-0.4, -0.2) is 33.4 Å². The van der Waals surface area contributed by atoms with Gasteiger partial charge in [-0.3, -0.25) is 14.3 Å². The number of anilines is 1. The number of aliphatic carboxylic acids is 1. The van der Waals surface area contributed by atoms with E-state index in [0.717, 1.165) is 10.2 Å². The van der Waals surface area contributed by atoms with E-state index in [1.807, 2.05) is 0 Å². The molecule has 0 unspecified atom stereocenters. The zero-order chi connectivity index (χ0) is 17.0. The molecule has 0 radical (unpaired) electrons. The Kier molecular flexibility index (Phi) is 4.89. The quantitative estimate of drug-likeness (QED) is 0.848. The molecule has 9 heteroatoms. The summed E-state index contributed by atoms with van der Waals surface area (Å²) < 4.78 is 30.2. The molecule has 2 aromatic rings. The first-order valence-corrected chi connectivity index (χ1v) is 6.47. The molecule has 2 N–H and O–H groups in total. The van der Waals surface area contributed by atoms with Crippen LogP contribution >= 0.6 is 0 Å². The van der Waals surface area contributed by atoms with Crippen LogP contribution in [0, 0.1) is 6.92 Å². The summed E-state index contributed by atoms with van der Waals surface area (Å²) in [4.78, 5) is 22.7. The minimum absolute atomic E-state index is 0.0456. The van der Waals surface area contributed by atoms with Crippen molar-refractivity contribution >= 4 is 17.6 Å². The van der Waals surface area contributed by atoms with Gasteiger partial charge in [0.1, 0.15) is 12.3 Å². The Balaban J connectivity index is 2.17. The van der Waals surface area contributed by atoms with Gasteiger partial charge in [-0.25, -0.2) is 0 Å². The summed E-state index contributed by atoms with van der Waals surface area (Å²) in [6, 6.07) is 5.68. The molecule has 2 rings (SSSR count). The third kappa shape index (κ3) is 4.50. The normalized spacial score (nSPS) is 10.6. The number of aryl methyl sites for hydroxylation is 1. The molecule has 1 aromatic heterocycles. The Morgan fingerprint density at radius 2 is 2.13 bits per heavy atom. The molecule has 0 atom stereocenters. The lowest BCUT2D eigenvalue weighted by atomic mass is 10.2. The molecular formula is C14H13F2N3O4. The van der Waals surface area contributed by atoms with Crippen molar-refractivity contribution in [1.82, 2.24) is 9.78 Å². The van der Waals surface area contributed by atoms with Gasteiger partial charge < -0.3 is 15.2 Å². The number of ether oxygens (including phenoxy) is 1. The van der Waals surface area contributed by atoms with Crippen LogP contribution in [0.4, 0.5) is 14.5 Å². The molecule has 1 amide bonds. The molecule has 0 bridgehead atoms. The Morgan fingerprint density at radius 3 is 2.78 bits per heavy atom. The molecule has 0 aliphatic carbocycles. The summed E-state index contributed by atoms with van der Waals surface area (Å²) in [6.07, 6.45) is 1.33. The molecule has 0 spiro atoms. The summed E-state index contributed by atoms with van der Waals surface area (Å²) in [5, 5.41) is 14.9. The lowest BCUT2D eigenvalue weighted by molar-refractivity contribution is -0.137. The molecule has 122 valence electrons. The predicted octanol–water partition coefficient (Wildman–Crippen LogP) is 2.13. The van der Waals surface area contributed by atoms with E-state index >= 15 is 0 Å². The van der Waals surface area contributed by atoms with E-state index in [4.69, 9.17) is 5.11 Å². The number of alkyl halides is 2. The number of nitrogens with one attached hydrogen (secondary N) is 1. The third-order valence-corrected chi connectivity index (χ3v) is 2.77. The predicted molar refractivity (Wildman–Crippen MR) is 75.6 cm³/mol. The maximum atomic E-state index is 12.4. The fourth-order valence-electron chi connectivity index (χ4n) is 1.84. The smallest absolute Gasteiger partial charge is 0.387 e. The van der Waals surface area contributed by atoms with Gasteiger partial charge >= 0.3 is 12.6 Å². The van der Waals surface area contributed by atoms with Crippen LogP contribution in [-0.2, 0) is 11.3 Å². The summed E-state index contributed by atoms with van der Waals surface area (Å²) >= 11 is 0. The number of aromatic nitrogens is 2. The van der Waals surface area contributed by atoms with E-state index in [1.54, 1.807) is 13.0 Å². The third-order valence-electron chi connectivity index (χ3n) is 2.77. The summed E-state index contributed by atoms with van der Waals surface area (Å²) in [7, 11) is 0. The number of amides is 1. The molecule has 7 nitrogen and oxygen atoms in total. The minimum Gasteiger partial charge on any atom is -0.480 e. The lowest BCUT2D eigenvalue weighted by Gasteiger charge is -2.12. The van der Waals surface area contributed by atoms with E-state index in [2.05, 4.69) is 15.2 Å².